The maximum Gasteiger partial charge on any atom is 0.267 e. The Bertz CT molecular complexity index is 1660. The minimum absolute atomic E-state index is 0.00426. The van der Waals surface area contributed by atoms with Gasteiger partial charge >= 0.3 is 0 Å². The first-order valence-corrected chi connectivity index (χ1v) is 14.8. The predicted octanol–water partition coefficient (Wildman–Crippen LogP) is 4.50. The highest BCUT2D eigenvalue weighted by Crippen LogP contribution is 2.35. The van der Waals surface area contributed by atoms with E-state index in [0.29, 0.717) is 70.1 Å². The van der Waals surface area contributed by atoms with E-state index in [1.807, 2.05) is 31.2 Å². The molecule has 4 aromatic rings. The number of fused-ring (bicyclic) bond motifs is 3. The summed E-state index contributed by atoms with van der Waals surface area (Å²) in [6, 6.07) is 12.4. The van der Waals surface area contributed by atoms with Crippen LogP contribution in [-0.2, 0) is 22.6 Å². The van der Waals surface area contributed by atoms with Gasteiger partial charge in [0, 0.05) is 30.1 Å². The van der Waals surface area contributed by atoms with E-state index < -0.39 is 0 Å². The van der Waals surface area contributed by atoms with Gasteiger partial charge in [-0.05, 0) is 55.3 Å². The number of aromatic nitrogens is 2. The van der Waals surface area contributed by atoms with Crippen LogP contribution in [0.1, 0.15) is 24.3 Å². The van der Waals surface area contributed by atoms with Crippen molar-refractivity contribution in [2.45, 2.75) is 32.0 Å². The van der Waals surface area contributed by atoms with Crippen molar-refractivity contribution in [3.8, 4) is 22.9 Å². The minimum Gasteiger partial charge on any atom is -0.494 e. The zero-order valence-corrected chi connectivity index (χ0v) is 24.8. The fourth-order valence-electron chi connectivity index (χ4n) is 4.72. The Morgan fingerprint density at radius 3 is 2.54 bits per heavy atom. The van der Waals surface area contributed by atoms with E-state index >= 15 is 0 Å². The van der Waals surface area contributed by atoms with Gasteiger partial charge in [-0.2, -0.15) is 0 Å². The van der Waals surface area contributed by atoms with Gasteiger partial charge in [0.2, 0.25) is 11.8 Å². The molecule has 0 unspecified atom stereocenters. The number of anilines is 1. The number of amides is 2. The van der Waals surface area contributed by atoms with Crippen molar-refractivity contribution < 1.29 is 23.8 Å². The number of thiophene rings is 1. The number of hydrogen-bond acceptors (Lipinski definition) is 9. The first-order chi connectivity index (χ1) is 19.8. The first-order valence-electron chi connectivity index (χ1n) is 13.0. The molecule has 2 aromatic carbocycles. The molecule has 0 spiro atoms. The summed E-state index contributed by atoms with van der Waals surface area (Å²) in [6.45, 7) is 5.01. The molecule has 12 heteroatoms. The van der Waals surface area contributed by atoms with Crippen LogP contribution in [-0.4, -0.2) is 59.4 Å². The van der Waals surface area contributed by atoms with E-state index in [1.165, 1.54) is 30.2 Å². The summed E-state index contributed by atoms with van der Waals surface area (Å²) < 4.78 is 17.7. The lowest BCUT2D eigenvalue weighted by Gasteiger charge is -2.25. The van der Waals surface area contributed by atoms with Crippen LogP contribution >= 0.6 is 23.1 Å². The molecule has 5 rings (SSSR count). The van der Waals surface area contributed by atoms with Crippen LogP contribution in [0, 0.1) is 0 Å². The maximum atomic E-state index is 14.1. The number of carbonyl (C=O) groups is 2. The molecular weight excluding hydrogens is 564 g/mol. The Hall–Kier alpha value is -4.03. The SMILES string of the molecule is CCOc1ccc(-n2c(SCC(=O)Nc3ccc(OC)c(OC)c3)nc3sc4c(c3c2=O)CCN(C(C)=O)C4)cc1. The van der Waals surface area contributed by atoms with E-state index in [2.05, 4.69) is 5.32 Å². The van der Waals surface area contributed by atoms with E-state index in [9.17, 15) is 14.4 Å². The second kappa shape index (κ2) is 12.2. The summed E-state index contributed by atoms with van der Waals surface area (Å²) in [5.41, 5.74) is 1.93. The second-order valence-corrected chi connectivity index (χ2v) is 11.3. The molecule has 0 saturated heterocycles. The fraction of sp³-hybridized carbons (Fsp3) is 0.310. The fourth-order valence-corrected chi connectivity index (χ4v) is 6.81. The summed E-state index contributed by atoms with van der Waals surface area (Å²) in [6.07, 6.45) is 0.593. The Kier molecular flexibility index (Phi) is 8.50. The summed E-state index contributed by atoms with van der Waals surface area (Å²) in [5.74, 6) is 1.51. The van der Waals surface area contributed by atoms with Gasteiger partial charge in [-0.1, -0.05) is 11.8 Å². The summed E-state index contributed by atoms with van der Waals surface area (Å²) in [5, 5.41) is 3.83. The highest BCUT2D eigenvalue weighted by Gasteiger charge is 2.27. The number of thioether (sulfide) groups is 1. The summed E-state index contributed by atoms with van der Waals surface area (Å²) in [4.78, 5) is 47.2. The monoisotopic (exact) mass is 594 g/mol. The molecule has 3 heterocycles. The number of carbonyl (C=O) groups excluding carboxylic acids is 2. The molecule has 1 N–H and O–H groups in total. The Labute approximate surface area is 245 Å². The standard InChI is InChI=1S/C29H30N4O6S2/c1-5-39-20-9-7-19(8-10-20)33-28(36)26-21-12-13-32(17(2)34)15-24(21)41-27(26)31-29(33)40-16-25(35)30-18-6-11-22(37-3)23(14-18)38-4/h6-11,14H,5,12-13,15-16H2,1-4H3,(H,30,35). The smallest absolute Gasteiger partial charge is 0.267 e. The third-order valence-electron chi connectivity index (χ3n) is 6.69. The van der Waals surface area contributed by atoms with E-state index in [0.717, 1.165) is 10.4 Å². The lowest BCUT2D eigenvalue weighted by Crippen LogP contribution is -2.34. The molecule has 0 bridgehead atoms. The highest BCUT2D eigenvalue weighted by atomic mass is 32.2. The van der Waals surface area contributed by atoms with Gasteiger partial charge in [0.05, 0.1) is 44.2 Å². The van der Waals surface area contributed by atoms with Gasteiger partial charge in [0.15, 0.2) is 16.7 Å². The van der Waals surface area contributed by atoms with Crippen molar-refractivity contribution in [1.29, 1.82) is 0 Å². The Morgan fingerprint density at radius 2 is 1.85 bits per heavy atom. The number of nitrogens with zero attached hydrogens (tertiary/aromatic N) is 3. The molecule has 1 aliphatic heterocycles. The summed E-state index contributed by atoms with van der Waals surface area (Å²) in [7, 11) is 3.07. The van der Waals surface area contributed by atoms with Gasteiger partial charge < -0.3 is 24.4 Å². The molecule has 10 nitrogen and oxygen atoms in total. The predicted molar refractivity (Wildman–Crippen MR) is 160 cm³/mol. The average Bonchev–Trinajstić information content (AvgIpc) is 3.34. The van der Waals surface area contributed by atoms with Crippen LogP contribution in [0.5, 0.6) is 17.2 Å². The molecule has 2 aromatic heterocycles. The third kappa shape index (κ3) is 5.89. The molecule has 2 amide bonds. The van der Waals surface area contributed by atoms with E-state index in [-0.39, 0.29) is 23.1 Å². The van der Waals surface area contributed by atoms with Crippen molar-refractivity contribution in [2.75, 3.05) is 38.4 Å². The lowest BCUT2D eigenvalue weighted by atomic mass is 10.1. The number of ether oxygens (including phenoxy) is 3. The number of hydrogen-bond donors (Lipinski definition) is 1. The Morgan fingerprint density at radius 1 is 1.10 bits per heavy atom. The first kappa shape index (κ1) is 28.5. The maximum absolute atomic E-state index is 14.1. The quantitative estimate of drug-likeness (QED) is 0.223. The highest BCUT2D eigenvalue weighted by molar-refractivity contribution is 7.99. The van der Waals surface area contributed by atoms with Crippen molar-refractivity contribution in [2.24, 2.45) is 0 Å². The number of nitrogens with one attached hydrogen (secondary N) is 1. The van der Waals surface area contributed by atoms with Gasteiger partial charge in [0.25, 0.3) is 5.56 Å². The molecule has 41 heavy (non-hydrogen) atoms. The third-order valence-corrected chi connectivity index (χ3v) is 8.74. The summed E-state index contributed by atoms with van der Waals surface area (Å²) >= 11 is 2.61. The van der Waals surface area contributed by atoms with Crippen molar-refractivity contribution in [3.05, 3.63) is 63.3 Å². The molecule has 0 aliphatic carbocycles. The Balaban J connectivity index is 1.49. The van der Waals surface area contributed by atoms with E-state index in [1.54, 1.807) is 41.7 Å². The molecule has 1 aliphatic rings. The van der Waals surface area contributed by atoms with Crippen LogP contribution < -0.4 is 25.1 Å². The number of benzene rings is 2. The second-order valence-electron chi connectivity index (χ2n) is 9.24. The van der Waals surface area contributed by atoms with Gasteiger partial charge in [-0.15, -0.1) is 11.3 Å². The van der Waals surface area contributed by atoms with Crippen LogP contribution in [0.3, 0.4) is 0 Å². The van der Waals surface area contributed by atoms with Crippen LogP contribution in [0.15, 0.2) is 52.4 Å². The molecule has 0 saturated carbocycles. The molecule has 0 atom stereocenters. The molecule has 0 fully saturated rings. The van der Waals surface area contributed by atoms with Crippen molar-refractivity contribution in [3.63, 3.8) is 0 Å². The molecular formula is C29H30N4O6S2. The van der Waals surface area contributed by atoms with Gasteiger partial charge in [-0.25, -0.2) is 4.98 Å². The number of rotatable bonds is 9. The largest absolute Gasteiger partial charge is 0.494 e. The lowest BCUT2D eigenvalue weighted by molar-refractivity contribution is -0.129. The van der Waals surface area contributed by atoms with Gasteiger partial charge in [-0.3, -0.25) is 19.0 Å². The van der Waals surface area contributed by atoms with Crippen LogP contribution in [0.25, 0.3) is 15.9 Å². The van der Waals surface area contributed by atoms with Crippen LogP contribution in [0.2, 0.25) is 0 Å². The van der Waals surface area contributed by atoms with Crippen LogP contribution in [0.4, 0.5) is 5.69 Å². The average molecular weight is 595 g/mol. The topological polar surface area (TPSA) is 112 Å². The normalized spacial score (nSPS) is 12.6. The van der Waals surface area contributed by atoms with E-state index in [4.69, 9.17) is 19.2 Å². The number of methoxy groups -OCH3 is 2. The zero-order chi connectivity index (χ0) is 29.1. The van der Waals surface area contributed by atoms with Crippen molar-refractivity contribution in [1.82, 2.24) is 14.5 Å². The van der Waals surface area contributed by atoms with Crippen molar-refractivity contribution >= 4 is 50.8 Å². The van der Waals surface area contributed by atoms with Gasteiger partial charge in [0.1, 0.15) is 10.6 Å². The molecule has 214 valence electrons. The minimum atomic E-state index is -0.266. The zero-order valence-electron chi connectivity index (χ0n) is 23.2. The molecule has 0 radical (unpaired) electrons.